The van der Waals surface area contributed by atoms with Gasteiger partial charge in [0.25, 0.3) is 0 Å². The van der Waals surface area contributed by atoms with E-state index in [1.165, 1.54) is 23.3 Å². The molecule has 0 aliphatic heterocycles. The van der Waals surface area contributed by atoms with Crippen molar-refractivity contribution in [3.05, 3.63) is 28.2 Å². The first kappa shape index (κ1) is 12.6. The Balaban J connectivity index is 1.98. The second-order valence-corrected chi connectivity index (χ2v) is 6.21. The molecule has 0 saturated heterocycles. The van der Waals surface area contributed by atoms with Crippen LogP contribution in [0.3, 0.4) is 0 Å². The molecule has 1 aliphatic carbocycles. The number of rotatable bonds is 5. The molecule has 1 aliphatic rings. The Morgan fingerprint density at radius 3 is 2.84 bits per heavy atom. The summed E-state index contributed by atoms with van der Waals surface area (Å²) in [4.78, 5) is 10.7. The molecule has 19 heavy (non-hydrogen) atoms. The fourth-order valence-electron chi connectivity index (χ4n) is 2.12. The van der Waals surface area contributed by atoms with Crippen molar-refractivity contribution < 1.29 is 0 Å². The monoisotopic (exact) mass is 273 g/mol. The lowest BCUT2D eigenvalue weighted by Gasteiger charge is -2.09. The maximum absolute atomic E-state index is 4.76. The van der Waals surface area contributed by atoms with E-state index in [9.17, 15) is 0 Å². The second-order valence-electron chi connectivity index (χ2n) is 5.09. The van der Waals surface area contributed by atoms with Crippen molar-refractivity contribution in [1.29, 1.82) is 0 Å². The van der Waals surface area contributed by atoms with Crippen LogP contribution in [-0.4, -0.2) is 16.5 Å². The molecule has 1 N–H and O–H groups in total. The quantitative estimate of drug-likeness (QED) is 0.886. The average Bonchev–Trinajstić information content (AvgIpc) is 3.18. The van der Waals surface area contributed by atoms with E-state index in [2.05, 4.69) is 41.7 Å². The lowest BCUT2D eigenvalue weighted by atomic mass is 10.2. The molecular weight excluding hydrogens is 254 g/mol. The van der Waals surface area contributed by atoms with Gasteiger partial charge in [0.15, 0.2) is 0 Å². The van der Waals surface area contributed by atoms with Gasteiger partial charge in [0.2, 0.25) is 0 Å². The standard InChI is InChI=1S/C15H19N3S/c1-3-7-16-14-9-13(12-6-8-19-10(12)2)17-15(18-14)11-4-5-11/h6,8-9,11H,3-5,7H2,1-2H3,(H,16,17,18). The first-order valence-corrected chi connectivity index (χ1v) is 7.83. The molecule has 2 heterocycles. The summed E-state index contributed by atoms with van der Waals surface area (Å²) in [6.07, 6.45) is 3.58. The van der Waals surface area contributed by atoms with Crippen LogP contribution in [0.15, 0.2) is 17.5 Å². The second kappa shape index (κ2) is 5.29. The van der Waals surface area contributed by atoms with Crippen LogP contribution in [-0.2, 0) is 0 Å². The van der Waals surface area contributed by atoms with Crippen LogP contribution in [0.5, 0.6) is 0 Å². The molecule has 1 fully saturated rings. The van der Waals surface area contributed by atoms with Gasteiger partial charge < -0.3 is 5.32 Å². The van der Waals surface area contributed by atoms with E-state index < -0.39 is 0 Å². The van der Waals surface area contributed by atoms with Crippen molar-refractivity contribution in [2.24, 2.45) is 0 Å². The number of hydrogen-bond donors (Lipinski definition) is 1. The number of aromatic nitrogens is 2. The number of nitrogens with one attached hydrogen (secondary N) is 1. The minimum Gasteiger partial charge on any atom is -0.370 e. The summed E-state index contributed by atoms with van der Waals surface area (Å²) in [6, 6.07) is 4.24. The zero-order valence-corrected chi connectivity index (χ0v) is 12.3. The molecule has 0 aromatic carbocycles. The summed E-state index contributed by atoms with van der Waals surface area (Å²) in [5.41, 5.74) is 2.31. The maximum atomic E-state index is 4.76. The van der Waals surface area contributed by atoms with Gasteiger partial charge in [0.1, 0.15) is 11.6 Å². The van der Waals surface area contributed by atoms with Crippen molar-refractivity contribution in [1.82, 2.24) is 9.97 Å². The third-order valence-corrected chi connectivity index (χ3v) is 4.22. The van der Waals surface area contributed by atoms with Gasteiger partial charge in [0, 0.05) is 29.0 Å². The Kier molecular flexibility index (Phi) is 3.51. The van der Waals surface area contributed by atoms with Crippen LogP contribution < -0.4 is 5.32 Å². The predicted molar refractivity (Wildman–Crippen MR) is 80.8 cm³/mol. The third-order valence-electron chi connectivity index (χ3n) is 3.38. The van der Waals surface area contributed by atoms with E-state index in [0.717, 1.165) is 30.3 Å². The molecule has 0 bridgehead atoms. The number of aryl methyl sites for hydroxylation is 1. The number of anilines is 1. The van der Waals surface area contributed by atoms with E-state index in [4.69, 9.17) is 4.98 Å². The molecule has 0 spiro atoms. The van der Waals surface area contributed by atoms with Crippen LogP contribution in [0.4, 0.5) is 5.82 Å². The summed E-state index contributed by atoms with van der Waals surface area (Å²) in [5, 5.41) is 5.52. The molecule has 0 atom stereocenters. The highest BCUT2D eigenvalue weighted by molar-refractivity contribution is 7.10. The van der Waals surface area contributed by atoms with Crippen molar-refractivity contribution in [2.75, 3.05) is 11.9 Å². The molecule has 3 nitrogen and oxygen atoms in total. The minimum atomic E-state index is 0.584. The van der Waals surface area contributed by atoms with Gasteiger partial charge in [0.05, 0.1) is 5.69 Å². The van der Waals surface area contributed by atoms with Crippen molar-refractivity contribution >= 4 is 17.2 Å². The smallest absolute Gasteiger partial charge is 0.134 e. The van der Waals surface area contributed by atoms with Crippen molar-refractivity contribution in [3.8, 4) is 11.3 Å². The van der Waals surface area contributed by atoms with Gasteiger partial charge >= 0.3 is 0 Å². The van der Waals surface area contributed by atoms with E-state index >= 15 is 0 Å². The maximum Gasteiger partial charge on any atom is 0.134 e. The van der Waals surface area contributed by atoms with Gasteiger partial charge in [-0.1, -0.05) is 6.92 Å². The lowest BCUT2D eigenvalue weighted by molar-refractivity contribution is 0.911. The normalized spacial score (nSPS) is 14.6. The number of thiophene rings is 1. The van der Waals surface area contributed by atoms with Crippen molar-refractivity contribution in [3.63, 3.8) is 0 Å². The minimum absolute atomic E-state index is 0.584. The first-order valence-electron chi connectivity index (χ1n) is 6.95. The van der Waals surface area contributed by atoms with E-state index in [1.54, 1.807) is 11.3 Å². The van der Waals surface area contributed by atoms with Crippen LogP contribution in [0.25, 0.3) is 11.3 Å². The van der Waals surface area contributed by atoms with Gasteiger partial charge in [-0.2, -0.15) is 0 Å². The zero-order valence-electron chi connectivity index (χ0n) is 11.4. The molecule has 0 amide bonds. The molecule has 2 aromatic heterocycles. The third kappa shape index (κ3) is 2.78. The van der Waals surface area contributed by atoms with E-state index in [1.807, 2.05) is 0 Å². The summed E-state index contributed by atoms with van der Waals surface area (Å²) in [6.45, 7) is 5.28. The van der Waals surface area contributed by atoms with Crippen LogP contribution in [0.2, 0.25) is 0 Å². The molecule has 0 unspecified atom stereocenters. The Hall–Kier alpha value is -1.42. The average molecular weight is 273 g/mol. The first-order chi connectivity index (χ1) is 9.28. The number of nitrogens with zero attached hydrogens (tertiary/aromatic N) is 2. The van der Waals surface area contributed by atoms with Gasteiger partial charge in [-0.15, -0.1) is 11.3 Å². The summed E-state index contributed by atoms with van der Waals surface area (Å²) in [7, 11) is 0. The highest BCUT2D eigenvalue weighted by Crippen LogP contribution is 2.39. The lowest BCUT2D eigenvalue weighted by Crippen LogP contribution is -2.05. The summed E-state index contributed by atoms with van der Waals surface area (Å²) >= 11 is 1.77. The molecule has 4 heteroatoms. The van der Waals surface area contributed by atoms with Crippen LogP contribution >= 0.6 is 11.3 Å². The fraction of sp³-hybridized carbons (Fsp3) is 0.467. The highest BCUT2D eigenvalue weighted by atomic mass is 32.1. The summed E-state index contributed by atoms with van der Waals surface area (Å²) < 4.78 is 0. The van der Waals surface area contributed by atoms with Gasteiger partial charge in [-0.05, 0) is 37.6 Å². The van der Waals surface area contributed by atoms with Crippen LogP contribution in [0, 0.1) is 6.92 Å². The molecular formula is C15H19N3S. The van der Waals surface area contributed by atoms with Crippen LogP contribution in [0.1, 0.15) is 42.8 Å². The summed E-state index contributed by atoms with van der Waals surface area (Å²) in [5.74, 6) is 2.57. The Morgan fingerprint density at radius 2 is 2.21 bits per heavy atom. The van der Waals surface area contributed by atoms with E-state index in [-0.39, 0.29) is 0 Å². The molecule has 100 valence electrons. The number of hydrogen-bond acceptors (Lipinski definition) is 4. The zero-order chi connectivity index (χ0) is 13.2. The van der Waals surface area contributed by atoms with E-state index in [0.29, 0.717) is 5.92 Å². The molecule has 2 aromatic rings. The SMILES string of the molecule is CCCNc1cc(-c2ccsc2C)nc(C2CC2)n1. The Bertz CT molecular complexity index is 573. The molecule has 0 radical (unpaired) electrons. The highest BCUT2D eigenvalue weighted by Gasteiger charge is 2.27. The Morgan fingerprint density at radius 1 is 1.37 bits per heavy atom. The Labute approximate surface area is 118 Å². The van der Waals surface area contributed by atoms with Gasteiger partial charge in [-0.25, -0.2) is 9.97 Å². The fourth-order valence-corrected chi connectivity index (χ4v) is 2.83. The topological polar surface area (TPSA) is 37.8 Å². The van der Waals surface area contributed by atoms with Gasteiger partial charge in [-0.3, -0.25) is 0 Å². The molecule has 3 rings (SSSR count). The molecule has 1 saturated carbocycles. The van der Waals surface area contributed by atoms with Crippen molar-refractivity contribution in [2.45, 2.75) is 39.0 Å². The predicted octanol–water partition coefficient (Wildman–Crippen LogP) is 4.21. The largest absolute Gasteiger partial charge is 0.370 e.